The molecular formula is C11H20N4O2S2. The first-order chi connectivity index (χ1) is 8.81. The number of aromatic nitrogens is 1. The summed E-state index contributed by atoms with van der Waals surface area (Å²) in [5.41, 5.74) is 0.982. The molecule has 1 aromatic rings. The number of rotatable bonds is 5. The van der Waals surface area contributed by atoms with E-state index >= 15 is 0 Å². The second kappa shape index (κ2) is 6.85. The number of hydrogen-bond donors (Lipinski definition) is 1. The fraction of sp³-hybridized carbons (Fsp3) is 0.636. The predicted octanol–water partition coefficient (Wildman–Crippen LogP) is 0.503. The van der Waals surface area contributed by atoms with Crippen molar-refractivity contribution in [3.05, 3.63) is 16.1 Å². The summed E-state index contributed by atoms with van der Waals surface area (Å²) in [4.78, 5) is 10.4. The van der Waals surface area contributed by atoms with Crippen molar-refractivity contribution in [1.82, 2.24) is 15.2 Å². The molecule has 0 aliphatic rings. The van der Waals surface area contributed by atoms with Crippen LogP contribution in [-0.2, 0) is 16.4 Å². The van der Waals surface area contributed by atoms with Crippen molar-refractivity contribution in [2.75, 3.05) is 32.6 Å². The number of aryl methyl sites for hydroxylation is 1. The quantitative estimate of drug-likeness (QED) is 0.633. The van der Waals surface area contributed by atoms with Gasteiger partial charge in [-0.1, -0.05) is 0 Å². The lowest BCUT2D eigenvalue weighted by molar-refractivity contribution is 0.472. The molecule has 8 heteroatoms. The maximum absolute atomic E-state index is 11.1. The van der Waals surface area contributed by atoms with Gasteiger partial charge in [-0.05, 0) is 6.92 Å². The van der Waals surface area contributed by atoms with E-state index in [9.17, 15) is 8.42 Å². The Balaban J connectivity index is 2.50. The lowest BCUT2D eigenvalue weighted by atomic mass is 10.4. The average molecular weight is 304 g/mol. The first-order valence-corrected chi connectivity index (χ1v) is 8.76. The van der Waals surface area contributed by atoms with Crippen LogP contribution in [0.1, 0.15) is 10.7 Å². The monoisotopic (exact) mass is 304 g/mol. The fourth-order valence-corrected chi connectivity index (χ4v) is 2.61. The molecule has 0 spiro atoms. The maximum Gasteiger partial charge on any atom is 0.193 e. The largest absolute Gasteiger partial charge is 0.355 e. The number of nitrogens with one attached hydrogen (secondary N) is 1. The van der Waals surface area contributed by atoms with Gasteiger partial charge in [-0.3, -0.25) is 4.99 Å². The Hall–Kier alpha value is -1.15. The highest BCUT2D eigenvalue weighted by Crippen LogP contribution is 2.09. The fourth-order valence-electron chi connectivity index (χ4n) is 1.53. The molecule has 0 saturated carbocycles. The molecular weight excluding hydrogens is 284 g/mol. The third-order valence-electron chi connectivity index (χ3n) is 2.40. The van der Waals surface area contributed by atoms with Gasteiger partial charge < -0.3 is 10.2 Å². The minimum atomic E-state index is -2.96. The highest BCUT2D eigenvalue weighted by molar-refractivity contribution is 7.90. The van der Waals surface area contributed by atoms with E-state index in [-0.39, 0.29) is 5.75 Å². The molecule has 0 saturated heterocycles. The van der Waals surface area contributed by atoms with Gasteiger partial charge in [0.25, 0.3) is 0 Å². The zero-order chi connectivity index (χ0) is 14.5. The molecule has 1 N–H and O–H groups in total. The molecule has 0 amide bonds. The Morgan fingerprint density at radius 3 is 2.74 bits per heavy atom. The molecule has 0 aliphatic heterocycles. The van der Waals surface area contributed by atoms with E-state index in [4.69, 9.17) is 0 Å². The van der Waals surface area contributed by atoms with Crippen LogP contribution in [0, 0.1) is 6.92 Å². The standard InChI is InChI=1S/C11H20N4O2S2/c1-9-14-10(8-18-9)7-15(3)11(12-2)13-5-6-19(4,16)17/h8H,5-7H2,1-4H3,(H,12,13). The molecule has 0 radical (unpaired) electrons. The van der Waals surface area contributed by atoms with Gasteiger partial charge in [-0.25, -0.2) is 13.4 Å². The summed E-state index contributed by atoms with van der Waals surface area (Å²) in [6.07, 6.45) is 1.22. The van der Waals surface area contributed by atoms with Crippen LogP contribution >= 0.6 is 11.3 Å². The van der Waals surface area contributed by atoms with Gasteiger partial charge in [0.05, 0.1) is 23.0 Å². The Kier molecular flexibility index (Phi) is 5.74. The van der Waals surface area contributed by atoms with Crippen molar-refractivity contribution in [3.8, 4) is 0 Å². The van der Waals surface area contributed by atoms with E-state index in [0.29, 0.717) is 19.0 Å². The number of aliphatic imine (C=N–C) groups is 1. The number of hydrogen-bond acceptors (Lipinski definition) is 5. The second-order valence-electron chi connectivity index (χ2n) is 4.32. The van der Waals surface area contributed by atoms with E-state index in [1.807, 2.05) is 24.3 Å². The molecule has 6 nitrogen and oxygen atoms in total. The van der Waals surface area contributed by atoms with Crippen molar-refractivity contribution < 1.29 is 8.42 Å². The van der Waals surface area contributed by atoms with E-state index in [1.165, 1.54) is 6.26 Å². The summed E-state index contributed by atoms with van der Waals surface area (Å²) in [6.45, 7) is 2.96. The topological polar surface area (TPSA) is 74.7 Å². The van der Waals surface area contributed by atoms with Gasteiger partial charge in [0, 0.05) is 32.3 Å². The average Bonchev–Trinajstić information content (AvgIpc) is 2.68. The molecule has 0 atom stereocenters. The Morgan fingerprint density at radius 1 is 1.58 bits per heavy atom. The zero-order valence-electron chi connectivity index (χ0n) is 11.7. The Labute approximate surface area is 118 Å². The van der Waals surface area contributed by atoms with Crippen LogP contribution in [0.15, 0.2) is 10.4 Å². The first-order valence-electron chi connectivity index (χ1n) is 5.82. The van der Waals surface area contributed by atoms with Crippen molar-refractivity contribution in [2.45, 2.75) is 13.5 Å². The van der Waals surface area contributed by atoms with Crippen molar-refractivity contribution in [3.63, 3.8) is 0 Å². The summed E-state index contributed by atoms with van der Waals surface area (Å²) in [5.74, 6) is 0.754. The van der Waals surface area contributed by atoms with Crippen LogP contribution in [0.2, 0.25) is 0 Å². The highest BCUT2D eigenvalue weighted by Gasteiger charge is 2.09. The molecule has 0 aliphatic carbocycles. The normalized spacial score (nSPS) is 12.5. The molecule has 0 aromatic carbocycles. The van der Waals surface area contributed by atoms with E-state index < -0.39 is 9.84 Å². The smallest absolute Gasteiger partial charge is 0.193 e. The van der Waals surface area contributed by atoms with Crippen molar-refractivity contribution in [1.29, 1.82) is 0 Å². The summed E-state index contributed by atoms with van der Waals surface area (Å²) in [5, 5.41) is 6.07. The van der Waals surface area contributed by atoms with Crippen LogP contribution in [0.4, 0.5) is 0 Å². The molecule has 1 aromatic heterocycles. The molecule has 0 bridgehead atoms. The number of sulfone groups is 1. The van der Waals surface area contributed by atoms with Crippen LogP contribution in [0.3, 0.4) is 0 Å². The van der Waals surface area contributed by atoms with Gasteiger partial charge in [0.15, 0.2) is 5.96 Å². The van der Waals surface area contributed by atoms with Crippen LogP contribution in [-0.4, -0.2) is 56.9 Å². The minimum Gasteiger partial charge on any atom is -0.355 e. The van der Waals surface area contributed by atoms with Gasteiger partial charge in [0.2, 0.25) is 0 Å². The Morgan fingerprint density at radius 2 is 2.26 bits per heavy atom. The second-order valence-corrected chi connectivity index (χ2v) is 7.64. The summed E-state index contributed by atoms with van der Waals surface area (Å²) in [7, 11) is 0.610. The van der Waals surface area contributed by atoms with Crippen LogP contribution in [0.25, 0.3) is 0 Å². The van der Waals surface area contributed by atoms with Gasteiger partial charge in [-0.2, -0.15) is 0 Å². The van der Waals surface area contributed by atoms with Crippen molar-refractivity contribution in [2.24, 2.45) is 4.99 Å². The third kappa shape index (κ3) is 6.02. The number of thiazole rings is 1. The highest BCUT2D eigenvalue weighted by atomic mass is 32.2. The first kappa shape index (κ1) is 15.9. The van der Waals surface area contributed by atoms with E-state index in [2.05, 4.69) is 15.3 Å². The SMILES string of the molecule is CN=C(NCCS(C)(=O)=O)N(C)Cc1csc(C)n1. The molecule has 1 heterocycles. The molecule has 108 valence electrons. The summed E-state index contributed by atoms with van der Waals surface area (Å²) < 4.78 is 22.1. The molecule has 0 unspecified atom stereocenters. The summed E-state index contributed by atoms with van der Waals surface area (Å²) >= 11 is 1.61. The Bertz CT molecular complexity index is 537. The van der Waals surface area contributed by atoms with Gasteiger partial charge in [-0.15, -0.1) is 11.3 Å². The predicted molar refractivity (Wildman–Crippen MR) is 79.4 cm³/mol. The van der Waals surface area contributed by atoms with Crippen LogP contribution < -0.4 is 5.32 Å². The van der Waals surface area contributed by atoms with E-state index in [1.54, 1.807) is 18.4 Å². The molecule has 1 rings (SSSR count). The minimum absolute atomic E-state index is 0.0929. The number of guanidine groups is 1. The van der Waals surface area contributed by atoms with E-state index in [0.717, 1.165) is 10.7 Å². The maximum atomic E-state index is 11.1. The third-order valence-corrected chi connectivity index (χ3v) is 4.16. The molecule has 0 fully saturated rings. The molecule has 19 heavy (non-hydrogen) atoms. The zero-order valence-corrected chi connectivity index (χ0v) is 13.3. The van der Waals surface area contributed by atoms with Gasteiger partial charge in [0.1, 0.15) is 9.84 Å². The van der Waals surface area contributed by atoms with Crippen molar-refractivity contribution >= 4 is 27.1 Å². The number of nitrogens with zero attached hydrogens (tertiary/aromatic N) is 3. The lowest BCUT2D eigenvalue weighted by Crippen LogP contribution is -2.40. The summed E-state index contributed by atoms with van der Waals surface area (Å²) in [6, 6.07) is 0. The lowest BCUT2D eigenvalue weighted by Gasteiger charge is -2.21. The van der Waals surface area contributed by atoms with Crippen LogP contribution in [0.5, 0.6) is 0 Å². The van der Waals surface area contributed by atoms with Gasteiger partial charge >= 0.3 is 0 Å².